The SMILES string of the molecule is Cn1cc(C(=O)N[C@@H](C(=O)O)C(C)(C)C)c(NC(=O)OCC2c3ccccc3-c3ccccc32)n1. The van der Waals surface area contributed by atoms with Crippen LogP contribution in [0.2, 0.25) is 0 Å². The number of anilines is 1. The molecule has 9 nitrogen and oxygen atoms in total. The summed E-state index contributed by atoms with van der Waals surface area (Å²) in [5, 5.41) is 18.7. The minimum Gasteiger partial charge on any atom is -0.480 e. The summed E-state index contributed by atoms with van der Waals surface area (Å²) in [6, 6.07) is 14.9. The number of aromatic nitrogens is 2. The van der Waals surface area contributed by atoms with Crippen molar-refractivity contribution in [3.05, 3.63) is 71.4 Å². The summed E-state index contributed by atoms with van der Waals surface area (Å²) >= 11 is 0. The van der Waals surface area contributed by atoms with E-state index in [0.717, 1.165) is 22.3 Å². The molecule has 0 saturated heterocycles. The summed E-state index contributed by atoms with van der Waals surface area (Å²) in [5.41, 5.74) is 3.73. The van der Waals surface area contributed by atoms with E-state index in [0.29, 0.717) is 0 Å². The first-order chi connectivity index (χ1) is 16.6. The second-order valence-corrected chi connectivity index (χ2v) is 9.63. The molecule has 0 spiro atoms. The summed E-state index contributed by atoms with van der Waals surface area (Å²) in [7, 11) is 1.60. The number of amides is 2. The highest BCUT2D eigenvalue weighted by molar-refractivity contribution is 6.02. The van der Waals surface area contributed by atoms with Gasteiger partial charge in [0, 0.05) is 19.2 Å². The molecule has 35 heavy (non-hydrogen) atoms. The quantitative estimate of drug-likeness (QED) is 0.494. The smallest absolute Gasteiger partial charge is 0.412 e. The number of fused-ring (bicyclic) bond motifs is 3. The Balaban J connectivity index is 1.46. The van der Waals surface area contributed by atoms with E-state index in [2.05, 4.69) is 27.9 Å². The Kier molecular flexibility index (Phi) is 6.34. The zero-order valence-electron chi connectivity index (χ0n) is 20.0. The molecule has 0 fully saturated rings. The number of carboxylic acid groups (broad SMARTS) is 1. The van der Waals surface area contributed by atoms with Crippen molar-refractivity contribution in [2.45, 2.75) is 32.7 Å². The number of carbonyl (C=O) groups excluding carboxylic acids is 2. The van der Waals surface area contributed by atoms with Crippen molar-refractivity contribution in [2.75, 3.05) is 11.9 Å². The van der Waals surface area contributed by atoms with Crippen molar-refractivity contribution in [3.8, 4) is 11.1 Å². The molecule has 0 radical (unpaired) electrons. The highest BCUT2D eigenvalue weighted by Crippen LogP contribution is 2.44. The van der Waals surface area contributed by atoms with Gasteiger partial charge in [0.25, 0.3) is 5.91 Å². The number of hydrogen-bond donors (Lipinski definition) is 3. The van der Waals surface area contributed by atoms with Gasteiger partial charge in [0.1, 0.15) is 18.2 Å². The van der Waals surface area contributed by atoms with Crippen LogP contribution in [0, 0.1) is 5.41 Å². The average molecular weight is 477 g/mol. The van der Waals surface area contributed by atoms with Gasteiger partial charge in [0.2, 0.25) is 0 Å². The van der Waals surface area contributed by atoms with Crippen LogP contribution in [0.1, 0.15) is 48.2 Å². The van der Waals surface area contributed by atoms with E-state index in [-0.39, 0.29) is 23.9 Å². The average Bonchev–Trinajstić information content (AvgIpc) is 3.32. The van der Waals surface area contributed by atoms with Gasteiger partial charge in [-0.2, -0.15) is 5.10 Å². The first-order valence-corrected chi connectivity index (χ1v) is 11.3. The molecule has 182 valence electrons. The van der Waals surface area contributed by atoms with Gasteiger partial charge in [0.05, 0.1) is 0 Å². The third kappa shape index (κ3) is 4.89. The fourth-order valence-corrected chi connectivity index (χ4v) is 4.34. The van der Waals surface area contributed by atoms with E-state index < -0.39 is 29.4 Å². The Labute approximate surface area is 203 Å². The lowest BCUT2D eigenvalue weighted by Crippen LogP contribution is -2.49. The molecular weight excluding hydrogens is 448 g/mol. The summed E-state index contributed by atoms with van der Waals surface area (Å²) in [5.74, 6) is -1.93. The van der Waals surface area contributed by atoms with Crippen LogP contribution >= 0.6 is 0 Å². The van der Waals surface area contributed by atoms with Gasteiger partial charge in [0.15, 0.2) is 5.82 Å². The standard InChI is InChI=1S/C26H28N4O5/c1-26(2,3)21(24(32)33)27-23(31)19-13-30(4)29-22(19)28-25(34)35-14-20-17-11-7-5-9-15(17)16-10-6-8-12-18(16)20/h5-13,20-21H,14H2,1-4H3,(H,27,31)(H,32,33)(H,28,29,34)/t21-/m0/s1. The molecule has 0 saturated carbocycles. The van der Waals surface area contributed by atoms with Crippen LogP contribution < -0.4 is 10.6 Å². The van der Waals surface area contributed by atoms with Crippen LogP contribution in [0.4, 0.5) is 10.6 Å². The fourth-order valence-electron chi connectivity index (χ4n) is 4.34. The van der Waals surface area contributed by atoms with Crippen molar-refractivity contribution >= 4 is 23.8 Å². The molecular formula is C26H28N4O5. The maximum Gasteiger partial charge on any atom is 0.412 e. The lowest BCUT2D eigenvalue weighted by atomic mass is 9.86. The minimum absolute atomic E-state index is 0.0136. The number of aliphatic carboxylic acids is 1. The highest BCUT2D eigenvalue weighted by Gasteiger charge is 2.34. The third-order valence-corrected chi connectivity index (χ3v) is 6.03. The Morgan fingerprint density at radius 1 is 1.06 bits per heavy atom. The number of nitrogens with one attached hydrogen (secondary N) is 2. The fraction of sp³-hybridized carbons (Fsp3) is 0.308. The molecule has 3 aromatic rings. The molecule has 3 N–H and O–H groups in total. The number of aryl methyl sites for hydroxylation is 1. The molecule has 0 bridgehead atoms. The first-order valence-electron chi connectivity index (χ1n) is 11.3. The van der Waals surface area contributed by atoms with Crippen LogP contribution in [0.3, 0.4) is 0 Å². The van der Waals surface area contributed by atoms with Gasteiger partial charge in [-0.1, -0.05) is 69.3 Å². The van der Waals surface area contributed by atoms with Gasteiger partial charge in [-0.3, -0.25) is 14.8 Å². The summed E-state index contributed by atoms with van der Waals surface area (Å²) in [6.45, 7) is 5.25. The van der Waals surface area contributed by atoms with Crippen LogP contribution in [0.5, 0.6) is 0 Å². The van der Waals surface area contributed by atoms with Crippen molar-refractivity contribution < 1.29 is 24.2 Å². The van der Waals surface area contributed by atoms with Gasteiger partial charge in [-0.05, 0) is 27.7 Å². The lowest BCUT2D eigenvalue weighted by molar-refractivity contribution is -0.142. The number of ether oxygens (including phenoxy) is 1. The number of carbonyl (C=O) groups is 3. The van der Waals surface area contributed by atoms with E-state index in [1.807, 2.05) is 36.4 Å². The topological polar surface area (TPSA) is 123 Å². The molecule has 0 aliphatic heterocycles. The van der Waals surface area contributed by atoms with Crippen molar-refractivity contribution in [2.24, 2.45) is 12.5 Å². The highest BCUT2D eigenvalue weighted by atomic mass is 16.5. The summed E-state index contributed by atoms with van der Waals surface area (Å²) in [4.78, 5) is 37.1. The van der Waals surface area contributed by atoms with Crippen molar-refractivity contribution in [3.63, 3.8) is 0 Å². The zero-order valence-corrected chi connectivity index (χ0v) is 20.0. The molecule has 1 aromatic heterocycles. The number of carboxylic acids is 1. The molecule has 9 heteroatoms. The van der Waals surface area contributed by atoms with E-state index in [1.54, 1.807) is 27.8 Å². The van der Waals surface area contributed by atoms with E-state index >= 15 is 0 Å². The number of rotatable bonds is 6. The summed E-state index contributed by atoms with van der Waals surface area (Å²) < 4.78 is 6.90. The predicted octanol–water partition coefficient (Wildman–Crippen LogP) is 4.01. The molecule has 1 atom stereocenters. The number of nitrogens with zero attached hydrogens (tertiary/aromatic N) is 2. The Morgan fingerprint density at radius 3 is 2.17 bits per heavy atom. The molecule has 2 amide bonds. The van der Waals surface area contributed by atoms with Crippen LogP contribution in [0.15, 0.2) is 54.7 Å². The predicted molar refractivity (Wildman–Crippen MR) is 130 cm³/mol. The normalized spacial score (nSPS) is 13.5. The van der Waals surface area contributed by atoms with Gasteiger partial charge in [-0.25, -0.2) is 9.59 Å². The molecule has 1 heterocycles. The zero-order chi connectivity index (χ0) is 25.3. The monoisotopic (exact) mass is 476 g/mol. The second-order valence-electron chi connectivity index (χ2n) is 9.63. The largest absolute Gasteiger partial charge is 0.480 e. The van der Waals surface area contributed by atoms with Crippen molar-refractivity contribution in [1.29, 1.82) is 0 Å². The Morgan fingerprint density at radius 2 is 1.63 bits per heavy atom. The van der Waals surface area contributed by atoms with E-state index in [1.165, 1.54) is 10.9 Å². The molecule has 4 rings (SSSR count). The first kappa shape index (κ1) is 24.0. The second kappa shape index (κ2) is 9.25. The van der Waals surface area contributed by atoms with Gasteiger partial charge < -0.3 is 15.2 Å². The van der Waals surface area contributed by atoms with Gasteiger partial charge >= 0.3 is 12.1 Å². The Bertz CT molecular complexity index is 1250. The maximum absolute atomic E-state index is 12.8. The summed E-state index contributed by atoms with van der Waals surface area (Å²) in [6.07, 6.45) is 0.654. The van der Waals surface area contributed by atoms with Crippen molar-refractivity contribution in [1.82, 2.24) is 15.1 Å². The molecule has 2 aromatic carbocycles. The van der Waals surface area contributed by atoms with Crippen LogP contribution in [-0.2, 0) is 16.6 Å². The Hall–Kier alpha value is -4.14. The van der Waals surface area contributed by atoms with E-state index in [4.69, 9.17) is 4.74 Å². The van der Waals surface area contributed by atoms with E-state index in [9.17, 15) is 19.5 Å². The van der Waals surface area contributed by atoms with Crippen LogP contribution in [0.25, 0.3) is 11.1 Å². The molecule has 0 unspecified atom stereocenters. The lowest BCUT2D eigenvalue weighted by Gasteiger charge is -2.27. The molecule has 1 aliphatic rings. The minimum atomic E-state index is -1.15. The van der Waals surface area contributed by atoms with Crippen LogP contribution in [-0.4, -0.2) is 45.5 Å². The molecule has 1 aliphatic carbocycles. The van der Waals surface area contributed by atoms with Gasteiger partial charge in [-0.15, -0.1) is 0 Å². The maximum atomic E-state index is 12.8. The number of benzene rings is 2. The third-order valence-electron chi connectivity index (χ3n) is 6.03. The number of hydrogen-bond acceptors (Lipinski definition) is 5.